The number of amides is 2. The number of benzene rings is 3. The molecule has 35 heavy (non-hydrogen) atoms. The average molecular weight is 550 g/mol. The van der Waals surface area contributed by atoms with Crippen LogP contribution in [0.4, 0.5) is 0 Å². The molecule has 1 N–H and O–H groups in total. The summed E-state index contributed by atoms with van der Waals surface area (Å²) in [6, 6.07) is 21.8. The van der Waals surface area contributed by atoms with Gasteiger partial charge >= 0.3 is 0 Å². The molecule has 0 saturated heterocycles. The molecule has 0 heterocycles. The summed E-state index contributed by atoms with van der Waals surface area (Å²) < 4.78 is 0. The van der Waals surface area contributed by atoms with Gasteiger partial charge in [0.25, 0.3) is 0 Å². The van der Waals surface area contributed by atoms with Crippen LogP contribution < -0.4 is 5.32 Å². The fraction of sp³-hybridized carbons (Fsp3) is 0.259. The molecule has 0 aliphatic rings. The Morgan fingerprint density at radius 1 is 0.943 bits per heavy atom. The van der Waals surface area contributed by atoms with E-state index in [1.165, 1.54) is 0 Å². The van der Waals surface area contributed by atoms with Gasteiger partial charge in [-0.1, -0.05) is 71.2 Å². The third-order valence-corrected chi connectivity index (χ3v) is 7.43. The summed E-state index contributed by atoms with van der Waals surface area (Å²) in [5.41, 5.74) is 1.71. The predicted molar refractivity (Wildman–Crippen MR) is 146 cm³/mol. The summed E-state index contributed by atoms with van der Waals surface area (Å²) in [6.45, 7) is 0.212. The van der Waals surface area contributed by atoms with E-state index >= 15 is 0 Å². The van der Waals surface area contributed by atoms with Crippen molar-refractivity contribution in [1.29, 1.82) is 0 Å². The zero-order chi connectivity index (χ0) is 25.2. The van der Waals surface area contributed by atoms with Crippen LogP contribution >= 0.6 is 46.6 Å². The first-order chi connectivity index (χ1) is 16.9. The van der Waals surface area contributed by atoms with Crippen molar-refractivity contribution in [3.05, 3.63) is 99.0 Å². The summed E-state index contributed by atoms with van der Waals surface area (Å²) >= 11 is 20.1. The lowest BCUT2D eigenvalue weighted by atomic mass is 10.0. The van der Waals surface area contributed by atoms with Crippen LogP contribution in [0.5, 0.6) is 0 Å². The molecular formula is C27H27Cl3N2O2S. The minimum Gasteiger partial charge on any atom is -0.357 e. The molecule has 0 saturated carbocycles. The topological polar surface area (TPSA) is 49.4 Å². The lowest BCUT2D eigenvalue weighted by Crippen LogP contribution is -2.49. The highest BCUT2D eigenvalue weighted by molar-refractivity contribution is 7.99. The third kappa shape index (κ3) is 8.46. The Kier molecular flexibility index (Phi) is 10.8. The van der Waals surface area contributed by atoms with E-state index in [0.717, 1.165) is 21.8 Å². The molecular weight excluding hydrogens is 523 g/mol. The number of nitrogens with zero attached hydrogens (tertiary/aromatic N) is 1. The van der Waals surface area contributed by atoms with E-state index in [2.05, 4.69) is 5.32 Å². The summed E-state index contributed by atoms with van der Waals surface area (Å²) in [6.07, 6.45) is 1.38. The van der Waals surface area contributed by atoms with Crippen molar-refractivity contribution in [3.63, 3.8) is 0 Å². The Bertz CT molecular complexity index is 1130. The second-order valence-corrected chi connectivity index (χ2v) is 10.4. The molecule has 4 nitrogen and oxygen atoms in total. The van der Waals surface area contributed by atoms with Gasteiger partial charge in [-0.25, -0.2) is 0 Å². The van der Waals surface area contributed by atoms with Crippen LogP contribution in [0.2, 0.25) is 15.1 Å². The molecule has 3 aromatic carbocycles. The first kappa shape index (κ1) is 27.4. The first-order valence-electron chi connectivity index (χ1n) is 11.2. The zero-order valence-electron chi connectivity index (χ0n) is 19.3. The second kappa shape index (κ2) is 13.8. The molecule has 0 fully saturated rings. The highest BCUT2D eigenvalue weighted by atomic mass is 35.5. The largest absolute Gasteiger partial charge is 0.357 e. The Labute approximate surface area is 225 Å². The van der Waals surface area contributed by atoms with Crippen molar-refractivity contribution < 1.29 is 9.59 Å². The van der Waals surface area contributed by atoms with Gasteiger partial charge < -0.3 is 10.2 Å². The van der Waals surface area contributed by atoms with E-state index in [1.807, 2.05) is 54.6 Å². The summed E-state index contributed by atoms with van der Waals surface area (Å²) in [7, 11) is 1.58. The molecule has 3 rings (SSSR count). The van der Waals surface area contributed by atoms with Crippen LogP contribution in [-0.4, -0.2) is 35.6 Å². The van der Waals surface area contributed by atoms with E-state index in [0.29, 0.717) is 34.3 Å². The van der Waals surface area contributed by atoms with Crippen molar-refractivity contribution in [2.75, 3.05) is 12.8 Å². The number of carbonyl (C=O) groups excluding carboxylic acids is 2. The average Bonchev–Trinajstić information content (AvgIpc) is 2.86. The normalized spacial score (nSPS) is 11.7. The molecule has 1 atom stereocenters. The van der Waals surface area contributed by atoms with Crippen LogP contribution in [0, 0.1) is 0 Å². The van der Waals surface area contributed by atoms with E-state index in [4.69, 9.17) is 34.8 Å². The predicted octanol–water partition coefficient (Wildman–Crippen LogP) is 6.91. The van der Waals surface area contributed by atoms with Gasteiger partial charge in [-0.3, -0.25) is 9.59 Å². The van der Waals surface area contributed by atoms with E-state index in [-0.39, 0.29) is 18.4 Å². The van der Waals surface area contributed by atoms with E-state index in [9.17, 15) is 9.59 Å². The Balaban J connectivity index is 1.77. The van der Waals surface area contributed by atoms with Crippen molar-refractivity contribution in [2.24, 2.45) is 0 Å². The van der Waals surface area contributed by atoms with Gasteiger partial charge in [-0.2, -0.15) is 0 Å². The van der Waals surface area contributed by atoms with Crippen molar-refractivity contribution in [3.8, 4) is 0 Å². The molecule has 0 aliphatic carbocycles. The Morgan fingerprint density at radius 2 is 1.63 bits per heavy atom. The lowest BCUT2D eigenvalue weighted by Gasteiger charge is -2.31. The Hall–Kier alpha value is -2.18. The van der Waals surface area contributed by atoms with Gasteiger partial charge in [0.1, 0.15) is 6.04 Å². The molecule has 2 amide bonds. The number of hydrogen-bond donors (Lipinski definition) is 1. The van der Waals surface area contributed by atoms with Crippen LogP contribution in [0.25, 0.3) is 0 Å². The molecule has 3 aromatic rings. The standard InChI is InChI=1S/C27H27Cl3N2O2S/c1-31-27(34)25(16-19-6-3-2-4-7-19)32(18-20-9-10-22(29)17-24(20)30)26(33)8-5-15-35-23-13-11-21(28)12-14-23/h2-4,6-7,9-14,17,25H,5,8,15-16,18H2,1H3,(H,31,34)/t25-/m0/s1. The summed E-state index contributed by atoms with van der Waals surface area (Å²) in [5, 5.41) is 4.39. The number of carbonyl (C=O) groups is 2. The van der Waals surface area contributed by atoms with E-state index in [1.54, 1.807) is 41.9 Å². The van der Waals surface area contributed by atoms with Crippen LogP contribution in [0.1, 0.15) is 24.0 Å². The highest BCUT2D eigenvalue weighted by Gasteiger charge is 2.30. The molecule has 184 valence electrons. The molecule has 0 aromatic heterocycles. The molecule has 0 aliphatic heterocycles. The minimum atomic E-state index is -0.675. The fourth-order valence-corrected chi connectivity index (χ4v) is 5.09. The number of thioether (sulfide) groups is 1. The number of likely N-dealkylation sites (N-methyl/N-ethyl adjacent to an activating group) is 1. The van der Waals surface area contributed by atoms with Crippen LogP contribution in [0.15, 0.2) is 77.7 Å². The quantitative estimate of drug-likeness (QED) is 0.209. The maximum absolute atomic E-state index is 13.5. The number of halogens is 3. The SMILES string of the molecule is CNC(=O)[C@H](Cc1ccccc1)N(Cc1ccc(Cl)cc1Cl)C(=O)CCCSc1ccc(Cl)cc1. The van der Waals surface area contributed by atoms with Gasteiger partial charge in [0.2, 0.25) is 11.8 Å². The fourth-order valence-electron chi connectivity index (χ4n) is 3.64. The third-order valence-electron chi connectivity index (χ3n) is 5.49. The summed E-state index contributed by atoms with van der Waals surface area (Å²) in [5.74, 6) is 0.451. The number of rotatable bonds is 11. The zero-order valence-corrected chi connectivity index (χ0v) is 22.4. The Morgan fingerprint density at radius 3 is 2.29 bits per heavy atom. The maximum Gasteiger partial charge on any atom is 0.242 e. The lowest BCUT2D eigenvalue weighted by molar-refractivity contribution is -0.141. The van der Waals surface area contributed by atoms with Gasteiger partial charge in [-0.05, 0) is 59.7 Å². The smallest absolute Gasteiger partial charge is 0.242 e. The monoisotopic (exact) mass is 548 g/mol. The molecule has 0 radical (unpaired) electrons. The highest BCUT2D eigenvalue weighted by Crippen LogP contribution is 2.25. The van der Waals surface area contributed by atoms with Gasteiger partial charge in [-0.15, -0.1) is 11.8 Å². The first-order valence-corrected chi connectivity index (χ1v) is 13.4. The van der Waals surface area contributed by atoms with Crippen molar-refractivity contribution >= 4 is 58.4 Å². The van der Waals surface area contributed by atoms with Gasteiger partial charge in [0.15, 0.2) is 0 Å². The number of nitrogens with one attached hydrogen (secondary N) is 1. The number of hydrogen-bond acceptors (Lipinski definition) is 3. The summed E-state index contributed by atoms with van der Waals surface area (Å²) in [4.78, 5) is 29.2. The minimum absolute atomic E-state index is 0.0998. The van der Waals surface area contributed by atoms with Crippen LogP contribution in [0.3, 0.4) is 0 Å². The molecule has 0 spiro atoms. The van der Waals surface area contributed by atoms with E-state index < -0.39 is 6.04 Å². The molecule has 0 bridgehead atoms. The van der Waals surface area contributed by atoms with Crippen LogP contribution in [-0.2, 0) is 22.6 Å². The van der Waals surface area contributed by atoms with Gasteiger partial charge in [0, 0.05) is 46.4 Å². The van der Waals surface area contributed by atoms with Crippen molar-refractivity contribution in [2.45, 2.75) is 36.7 Å². The maximum atomic E-state index is 13.5. The second-order valence-electron chi connectivity index (χ2n) is 7.98. The van der Waals surface area contributed by atoms with Gasteiger partial charge in [0.05, 0.1) is 0 Å². The molecule has 0 unspecified atom stereocenters. The molecule has 8 heteroatoms. The van der Waals surface area contributed by atoms with Crippen molar-refractivity contribution in [1.82, 2.24) is 10.2 Å².